The SMILES string of the molecule is Cc1cc2c(cc1C)[C@H]1CCC(CC(C)C)CN1CC2. The van der Waals surface area contributed by atoms with Crippen molar-refractivity contribution in [2.45, 2.75) is 59.4 Å². The van der Waals surface area contributed by atoms with Crippen LogP contribution in [0.1, 0.15) is 61.4 Å². The monoisotopic (exact) mass is 271 g/mol. The maximum absolute atomic E-state index is 2.77. The largest absolute Gasteiger partial charge is 0.296 e. The molecule has 2 aliphatic heterocycles. The molecule has 3 rings (SSSR count). The molecule has 1 aromatic rings. The van der Waals surface area contributed by atoms with Gasteiger partial charge in [-0.3, -0.25) is 4.90 Å². The second kappa shape index (κ2) is 5.52. The lowest BCUT2D eigenvalue weighted by molar-refractivity contribution is 0.0896. The maximum atomic E-state index is 2.77. The Labute approximate surface area is 124 Å². The van der Waals surface area contributed by atoms with E-state index in [4.69, 9.17) is 0 Å². The smallest absolute Gasteiger partial charge is 0.0351 e. The zero-order valence-corrected chi connectivity index (χ0v) is 13.6. The molecule has 1 nitrogen and oxygen atoms in total. The van der Waals surface area contributed by atoms with Gasteiger partial charge in [0.25, 0.3) is 0 Å². The fourth-order valence-electron chi connectivity index (χ4n) is 4.27. The van der Waals surface area contributed by atoms with Crippen LogP contribution >= 0.6 is 0 Å². The molecule has 110 valence electrons. The summed E-state index contributed by atoms with van der Waals surface area (Å²) < 4.78 is 0. The third-order valence-corrected chi connectivity index (χ3v) is 5.37. The molecular weight excluding hydrogens is 242 g/mol. The van der Waals surface area contributed by atoms with Gasteiger partial charge in [-0.25, -0.2) is 0 Å². The molecule has 1 heteroatoms. The van der Waals surface area contributed by atoms with Crippen molar-refractivity contribution in [1.29, 1.82) is 0 Å². The molecule has 0 radical (unpaired) electrons. The molecule has 1 aromatic carbocycles. The molecule has 2 heterocycles. The summed E-state index contributed by atoms with van der Waals surface area (Å²) in [7, 11) is 0. The summed E-state index contributed by atoms with van der Waals surface area (Å²) in [5, 5.41) is 0. The number of nitrogens with zero attached hydrogens (tertiary/aromatic N) is 1. The molecule has 1 unspecified atom stereocenters. The van der Waals surface area contributed by atoms with Crippen LogP contribution in [-0.4, -0.2) is 18.0 Å². The predicted molar refractivity (Wildman–Crippen MR) is 86.1 cm³/mol. The van der Waals surface area contributed by atoms with Crippen LogP contribution in [0.15, 0.2) is 12.1 Å². The Kier molecular flexibility index (Phi) is 3.90. The van der Waals surface area contributed by atoms with E-state index in [1.807, 2.05) is 0 Å². The molecule has 20 heavy (non-hydrogen) atoms. The van der Waals surface area contributed by atoms with Crippen molar-refractivity contribution in [3.05, 3.63) is 34.4 Å². The maximum Gasteiger partial charge on any atom is 0.0351 e. The summed E-state index contributed by atoms with van der Waals surface area (Å²) in [4.78, 5) is 2.77. The van der Waals surface area contributed by atoms with Gasteiger partial charge in [0.15, 0.2) is 0 Å². The van der Waals surface area contributed by atoms with Gasteiger partial charge in [0, 0.05) is 19.1 Å². The number of benzene rings is 1. The number of rotatable bonds is 2. The van der Waals surface area contributed by atoms with Crippen LogP contribution in [-0.2, 0) is 6.42 Å². The van der Waals surface area contributed by atoms with E-state index in [0.29, 0.717) is 6.04 Å². The topological polar surface area (TPSA) is 3.24 Å². The van der Waals surface area contributed by atoms with Gasteiger partial charge in [0.1, 0.15) is 0 Å². The van der Waals surface area contributed by atoms with E-state index in [9.17, 15) is 0 Å². The highest BCUT2D eigenvalue weighted by Gasteiger charge is 2.33. The molecule has 1 fully saturated rings. The Morgan fingerprint density at radius 1 is 1.15 bits per heavy atom. The summed E-state index contributed by atoms with van der Waals surface area (Å²) in [6.45, 7) is 11.8. The highest BCUT2D eigenvalue weighted by molar-refractivity contribution is 5.40. The Hall–Kier alpha value is -0.820. The average molecular weight is 271 g/mol. The van der Waals surface area contributed by atoms with Crippen molar-refractivity contribution in [2.75, 3.05) is 13.1 Å². The third kappa shape index (κ3) is 2.65. The normalized spacial score (nSPS) is 26.4. The first-order valence-corrected chi connectivity index (χ1v) is 8.38. The molecule has 2 aliphatic rings. The van der Waals surface area contributed by atoms with Crippen molar-refractivity contribution in [3.8, 4) is 0 Å². The number of aryl methyl sites for hydroxylation is 2. The van der Waals surface area contributed by atoms with E-state index in [0.717, 1.165) is 11.8 Å². The van der Waals surface area contributed by atoms with Gasteiger partial charge in [-0.15, -0.1) is 0 Å². The summed E-state index contributed by atoms with van der Waals surface area (Å²) in [5.74, 6) is 1.78. The van der Waals surface area contributed by atoms with Crippen molar-refractivity contribution in [1.82, 2.24) is 4.90 Å². The number of fused-ring (bicyclic) bond motifs is 3. The van der Waals surface area contributed by atoms with Crippen LogP contribution in [0.5, 0.6) is 0 Å². The lowest BCUT2D eigenvalue weighted by atomic mass is 9.80. The van der Waals surface area contributed by atoms with Crippen LogP contribution < -0.4 is 0 Å². The predicted octanol–water partition coefficient (Wildman–Crippen LogP) is 4.66. The molecule has 0 aliphatic carbocycles. The van der Waals surface area contributed by atoms with Gasteiger partial charge in [0.2, 0.25) is 0 Å². The second-order valence-electron chi connectivity index (χ2n) is 7.47. The minimum absolute atomic E-state index is 0.710. The Morgan fingerprint density at radius 2 is 1.90 bits per heavy atom. The first-order chi connectivity index (χ1) is 9.54. The molecule has 0 aromatic heterocycles. The standard InChI is InChI=1S/C19H29N/c1-13(2)9-16-5-6-19-18-11-15(4)14(3)10-17(18)7-8-20(19)12-16/h10-11,13,16,19H,5-9,12H2,1-4H3/t16?,19-/m1/s1. The minimum atomic E-state index is 0.710. The molecular formula is C19H29N. The first-order valence-electron chi connectivity index (χ1n) is 8.38. The van der Waals surface area contributed by atoms with Crippen molar-refractivity contribution in [3.63, 3.8) is 0 Å². The Bertz CT molecular complexity index is 489. The van der Waals surface area contributed by atoms with Gasteiger partial charge >= 0.3 is 0 Å². The molecule has 0 saturated carbocycles. The van der Waals surface area contributed by atoms with E-state index >= 15 is 0 Å². The highest BCUT2D eigenvalue weighted by Crippen LogP contribution is 2.40. The second-order valence-corrected chi connectivity index (χ2v) is 7.47. The quantitative estimate of drug-likeness (QED) is 0.756. The van der Waals surface area contributed by atoms with Crippen molar-refractivity contribution in [2.24, 2.45) is 11.8 Å². The van der Waals surface area contributed by atoms with Crippen molar-refractivity contribution < 1.29 is 0 Å². The first kappa shape index (κ1) is 14.1. The fourth-order valence-corrected chi connectivity index (χ4v) is 4.27. The molecule has 2 atom stereocenters. The average Bonchev–Trinajstić information content (AvgIpc) is 2.39. The summed E-state index contributed by atoms with van der Waals surface area (Å²) in [6.07, 6.45) is 5.45. The third-order valence-electron chi connectivity index (χ3n) is 5.37. The van der Waals surface area contributed by atoms with Gasteiger partial charge in [-0.05, 0) is 73.6 Å². The number of piperidine rings is 1. The summed E-state index contributed by atoms with van der Waals surface area (Å²) in [5.41, 5.74) is 6.19. The summed E-state index contributed by atoms with van der Waals surface area (Å²) >= 11 is 0. The van der Waals surface area contributed by atoms with Crippen LogP contribution in [0.3, 0.4) is 0 Å². The van der Waals surface area contributed by atoms with Crippen molar-refractivity contribution >= 4 is 0 Å². The molecule has 0 spiro atoms. The molecule has 1 saturated heterocycles. The van der Waals surface area contributed by atoms with Crippen LogP contribution in [0.4, 0.5) is 0 Å². The Balaban J connectivity index is 1.80. The number of hydrogen-bond acceptors (Lipinski definition) is 1. The Morgan fingerprint density at radius 3 is 2.65 bits per heavy atom. The van der Waals surface area contributed by atoms with Gasteiger partial charge in [-0.1, -0.05) is 26.0 Å². The van der Waals surface area contributed by atoms with Gasteiger partial charge in [0.05, 0.1) is 0 Å². The van der Waals surface area contributed by atoms with E-state index in [1.54, 1.807) is 11.1 Å². The van der Waals surface area contributed by atoms with Crippen LogP contribution in [0.2, 0.25) is 0 Å². The van der Waals surface area contributed by atoms with E-state index in [-0.39, 0.29) is 0 Å². The van der Waals surface area contributed by atoms with E-state index in [2.05, 4.69) is 44.7 Å². The van der Waals surface area contributed by atoms with Gasteiger partial charge < -0.3 is 0 Å². The minimum Gasteiger partial charge on any atom is -0.296 e. The number of hydrogen-bond donors (Lipinski definition) is 0. The zero-order valence-electron chi connectivity index (χ0n) is 13.6. The fraction of sp³-hybridized carbons (Fsp3) is 0.684. The van der Waals surface area contributed by atoms with E-state index < -0.39 is 0 Å². The van der Waals surface area contributed by atoms with Crippen LogP contribution in [0.25, 0.3) is 0 Å². The summed E-state index contributed by atoms with van der Waals surface area (Å²) in [6, 6.07) is 5.63. The lowest BCUT2D eigenvalue weighted by Crippen LogP contribution is -2.42. The lowest BCUT2D eigenvalue weighted by Gasteiger charge is -2.44. The van der Waals surface area contributed by atoms with Crippen LogP contribution in [0, 0.1) is 25.7 Å². The molecule has 0 N–H and O–H groups in total. The molecule has 0 amide bonds. The van der Waals surface area contributed by atoms with Gasteiger partial charge in [-0.2, -0.15) is 0 Å². The molecule has 0 bridgehead atoms. The zero-order chi connectivity index (χ0) is 14.3. The van der Waals surface area contributed by atoms with E-state index in [1.165, 1.54) is 49.9 Å². The highest BCUT2D eigenvalue weighted by atomic mass is 15.2.